The van der Waals surface area contributed by atoms with Crippen molar-refractivity contribution in [1.82, 2.24) is 0 Å². The SMILES string of the molecule is CCCCCCOC(=O)CSCCCC[C@H]1C(=O)C[C@@H](O)[C@@H]1C=CCC(O)(C#C[Si](C)(C)C)CCCC. The summed E-state index contributed by atoms with van der Waals surface area (Å²) in [6.45, 7) is 11.3. The van der Waals surface area contributed by atoms with Crippen molar-refractivity contribution >= 4 is 31.6 Å². The molecular weight excluding hydrogens is 500 g/mol. The summed E-state index contributed by atoms with van der Waals surface area (Å²) in [5.74, 6) is 3.99. The molecule has 37 heavy (non-hydrogen) atoms. The van der Waals surface area contributed by atoms with Crippen LogP contribution in [-0.4, -0.2) is 59.9 Å². The lowest BCUT2D eigenvalue weighted by atomic mass is 9.87. The van der Waals surface area contributed by atoms with Crippen molar-refractivity contribution in [2.45, 2.75) is 122 Å². The minimum atomic E-state index is -1.60. The van der Waals surface area contributed by atoms with E-state index in [4.69, 9.17) is 4.74 Å². The van der Waals surface area contributed by atoms with Crippen LogP contribution in [-0.2, 0) is 14.3 Å². The van der Waals surface area contributed by atoms with E-state index in [1.165, 1.54) is 12.8 Å². The van der Waals surface area contributed by atoms with Gasteiger partial charge in [-0.1, -0.05) is 83.7 Å². The van der Waals surface area contributed by atoms with Crippen LogP contribution in [0.3, 0.4) is 0 Å². The van der Waals surface area contributed by atoms with E-state index in [1.807, 2.05) is 12.2 Å². The van der Waals surface area contributed by atoms with E-state index in [0.717, 1.165) is 50.7 Å². The van der Waals surface area contributed by atoms with E-state index in [-0.39, 0.29) is 30.0 Å². The van der Waals surface area contributed by atoms with Crippen LogP contribution >= 0.6 is 11.8 Å². The molecule has 1 aliphatic carbocycles. The number of thioether (sulfide) groups is 1. The summed E-state index contributed by atoms with van der Waals surface area (Å²) in [6.07, 6.45) is 13.3. The molecule has 0 aromatic rings. The molecule has 0 amide bonds. The average molecular weight is 553 g/mol. The summed E-state index contributed by atoms with van der Waals surface area (Å²) < 4.78 is 5.27. The fourth-order valence-corrected chi connectivity index (χ4v) is 5.89. The van der Waals surface area contributed by atoms with Gasteiger partial charge in [-0.3, -0.25) is 9.59 Å². The quantitative estimate of drug-likeness (QED) is 0.0680. The molecule has 0 aromatic carbocycles. The summed E-state index contributed by atoms with van der Waals surface area (Å²) in [4.78, 5) is 24.4. The molecule has 212 valence electrons. The Morgan fingerprint density at radius 2 is 1.86 bits per heavy atom. The number of hydrogen-bond acceptors (Lipinski definition) is 6. The largest absolute Gasteiger partial charge is 0.465 e. The molecule has 0 saturated heterocycles. The molecule has 5 nitrogen and oxygen atoms in total. The van der Waals surface area contributed by atoms with Gasteiger partial charge in [0.15, 0.2) is 0 Å². The summed E-state index contributed by atoms with van der Waals surface area (Å²) in [6, 6.07) is 0. The molecule has 1 rings (SSSR count). The van der Waals surface area contributed by atoms with Crippen LogP contribution in [0.25, 0.3) is 0 Å². The number of esters is 1. The number of ketones is 1. The van der Waals surface area contributed by atoms with Gasteiger partial charge in [0, 0.05) is 24.7 Å². The van der Waals surface area contributed by atoms with E-state index in [2.05, 4.69) is 45.0 Å². The van der Waals surface area contributed by atoms with Crippen molar-refractivity contribution in [2.24, 2.45) is 11.8 Å². The van der Waals surface area contributed by atoms with Crippen LogP contribution in [0.1, 0.15) is 90.9 Å². The molecule has 0 radical (unpaired) electrons. The van der Waals surface area contributed by atoms with Crippen molar-refractivity contribution in [3.05, 3.63) is 12.2 Å². The maximum atomic E-state index is 12.6. The third-order valence-electron chi connectivity index (χ3n) is 6.70. The summed E-state index contributed by atoms with van der Waals surface area (Å²) in [5, 5.41) is 21.7. The Hall–Kier alpha value is -1.07. The monoisotopic (exact) mass is 552 g/mol. The number of ether oxygens (including phenoxy) is 1. The van der Waals surface area contributed by atoms with Crippen molar-refractivity contribution in [2.75, 3.05) is 18.1 Å². The first-order chi connectivity index (χ1) is 17.5. The highest BCUT2D eigenvalue weighted by Crippen LogP contribution is 2.34. The molecule has 4 atom stereocenters. The van der Waals surface area contributed by atoms with Gasteiger partial charge in [0.1, 0.15) is 19.5 Å². The molecule has 1 fully saturated rings. The third kappa shape index (κ3) is 15.2. The van der Waals surface area contributed by atoms with Crippen LogP contribution in [0, 0.1) is 23.3 Å². The molecule has 1 aliphatic rings. The highest BCUT2D eigenvalue weighted by molar-refractivity contribution is 7.99. The van der Waals surface area contributed by atoms with E-state index in [1.54, 1.807) is 11.8 Å². The van der Waals surface area contributed by atoms with Gasteiger partial charge in [-0.05, 0) is 37.9 Å². The lowest BCUT2D eigenvalue weighted by Crippen LogP contribution is -2.28. The van der Waals surface area contributed by atoms with Crippen molar-refractivity contribution in [1.29, 1.82) is 0 Å². The second kappa shape index (κ2) is 18.3. The number of aliphatic hydroxyl groups excluding tert-OH is 1. The van der Waals surface area contributed by atoms with Crippen LogP contribution < -0.4 is 0 Å². The number of aliphatic hydroxyl groups is 2. The molecule has 0 aliphatic heterocycles. The Kier molecular flexibility index (Phi) is 16.8. The summed E-state index contributed by atoms with van der Waals surface area (Å²) in [5.41, 5.74) is 2.26. The Balaban J connectivity index is 2.49. The number of Topliss-reactive ketones (excluding diaryl/α,β-unsaturated/α-hetero) is 1. The Bertz CT molecular complexity index is 766. The van der Waals surface area contributed by atoms with Gasteiger partial charge >= 0.3 is 5.97 Å². The molecule has 1 unspecified atom stereocenters. The van der Waals surface area contributed by atoms with Crippen molar-refractivity contribution in [3.63, 3.8) is 0 Å². The standard InChI is InChI=1S/C30H52O5SSi/c1-6-8-10-12-20-35-29(33)24-36-21-13-11-15-25-26(28(32)23-27(25)31)16-14-18-30(34,17-9-7-2)19-22-37(3,4)5/h14,16,25-26,28,32,34H,6-13,15,17-18,20-21,23-24H2,1-5H3/t25-,26-,28-,30?/m1/s1. The molecule has 0 heterocycles. The second-order valence-electron chi connectivity index (χ2n) is 11.5. The minimum absolute atomic E-state index is 0.126. The highest BCUT2D eigenvalue weighted by atomic mass is 32.2. The zero-order chi connectivity index (χ0) is 27.7. The van der Waals surface area contributed by atoms with Gasteiger partial charge in [0.05, 0.1) is 18.5 Å². The minimum Gasteiger partial charge on any atom is -0.465 e. The first-order valence-corrected chi connectivity index (χ1v) is 19.0. The molecule has 0 aromatic heterocycles. The van der Waals surface area contributed by atoms with Crippen LogP contribution in [0.15, 0.2) is 12.2 Å². The van der Waals surface area contributed by atoms with Gasteiger partial charge in [-0.25, -0.2) is 0 Å². The summed E-state index contributed by atoms with van der Waals surface area (Å²) >= 11 is 1.58. The van der Waals surface area contributed by atoms with Gasteiger partial charge in [-0.15, -0.1) is 5.54 Å². The Labute approximate surface area is 231 Å². The van der Waals surface area contributed by atoms with E-state index in [0.29, 0.717) is 25.2 Å². The molecule has 7 heteroatoms. The number of carbonyl (C=O) groups is 2. The maximum absolute atomic E-state index is 12.6. The fraction of sp³-hybridized carbons (Fsp3) is 0.800. The number of unbranched alkanes of at least 4 members (excludes halogenated alkanes) is 5. The number of rotatable bonds is 18. The molecule has 0 spiro atoms. The molecular formula is C30H52O5SSi. The normalized spacial score (nSPS) is 21.6. The van der Waals surface area contributed by atoms with Crippen molar-refractivity contribution < 1.29 is 24.5 Å². The van der Waals surface area contributed by atoms with E-state index < -0.39 is 19.8 Å². The molecule has 1 saturated carbocycles. The highest BCUT2D eigenvalue weighted by Gasteiger charge is 2.39. The molecule has 2 N–H and O–H groups in total. The Morgan fingerprint density at radius 3 is 2.54 bits per heavy atom. The zero-order valence-corrected chi connectivity index (χ0v) is 25.8. The maximum Gasteiger partial charge on any atom is 0.315 e. The lowest BCUT2D eigenvalue weighted by Gasteiger charge is -2.22. The first-order valence-electron chi connectivity index (χ1n) is 14.4. The second-order valence-corrected chi connectivity index (χ2v) is 17.4. The summed E-state index contributed by atoms with van der Waals surface area (Å²) in [7, 11) is -1.60. The van der Waals surface area contributed by atoms with Crippen molar-refractivity contribution in [3.8, 4) is 11.5 Å². The lowest BCUT2D eigenvalue weighted by molar-refractivity contribution is -0.140. The predicted molar refractivity (Wildman–Crippen MR) is 158 cm³/mol. The van der Waals surface area contributed by atoms with Gasteiger partial charge in [0.25, 0.3) is 0 Å². The van der Waals surface area contributed by atoms with Crippen LogP contribution in [0.4, 0.5) is 0 Å². The van der Waals surface area contributed by atoms with Crippen LogP contribution in [0.5, 0.6) is 0 Å². The molecule has 0 bridgehead atoms. The topological polar surface area (TPSA) is 83.8 Å². The Morgan fingerprint density at radius 1 is 1.14 bits per heavy atom. The van der Waals surface area contributed by atoms with E-state index >= 15 is 0 Å². The fourth-order valence-electron chi connectivity index (χ4n) is 4.48. The zero-order valence-electron chi connectivity index (χ0n) is 24.0. The first kappa shape index (κ1) is 34.0. The number of carbonyl (C=O) groups excluding carboxylic acids is 2. The average Bonchev–Trinajstić information content (AvgIpc) is 3.10. The third-order valence-corrected chi connectivity index (χ3v) is 8.59. The smallest absolute Gasteiger partial charge is 0.315 e. The van der Waals surface area contributed by atoms with E-state index in [9.17, 15) is 19.8 Å². The van der Waals surface area contributed by atoms with Crippen LogP contribution in [0.2, 0.25) is 19.6 Å². The number of hydrogen-bond donors (Lipinski definition) is 2. The van der Waals surface area contributed by atoms with Gasteiger partial charge < -0.3 is 14.9 Å². The predicted octanol–water partition coefficient (Wildman–Crippen LogP) is 6.33. The van der Waals surface area contributed by atoms with Gasteiger partial charge in [0.2, 0.25) is 0 Å². The van der Waals surface area contributed by atoms with Gasteiger partial charge in [-0.2, -0.15) is 11.8 Å².